The minimum absolute atomic E-state index is 0.341. The predicted octanol–water partition coefficient (Wildman–Crippen LogP) is 3.79. The molecule has 1 aromatic carbocycles. The second kappa shape index (κ2) is 4.09. The molecule has 0 amide bonds. The molecule has 1 aromatic rings. The number of ether oxygens (including phenoxy) is 1. The number of hydrogen-bond donors (Lipinski definition) is 0. The highest BCUT2D eigenvalue weighted by Gasteiger charge is 2.67. The molecule has 0 N–H and O–H groups in total. The average molecular weight is 270 g/mol. The van der Waals surface area contributed by atoms with Crippen LogP contribution in [0.25, 0.3) is 0 Å². The molecule has 2 nitrogen and oxygen atoms in total. The van der Waals surface area contributed by atoms with Gasteiger partial charge in [0, 0.05) is 11.5 Å². The Labute approximate surface area is 120 Å². The summed E-state index contributed by atoms with van der Waals surface area (Å²) in [6.07, 6.45) is 4.15. The highest BCUT2D eigenvalue weighted by atomic mass is 16.5. The Morgan fingerprint density at radius 2 is 1.75 bits per heavy atom. The van der Waals surface area contributed by atoms with E-state index in [1.54, 1.807) is 7.11 Å². The minimum atomic E-state index is 0.341. The van der Waals surface area contributed by atoms with Crippen molar-refractivity contribution in [2.75, 3.05) is 7.11 Å². The van der Waals surface area contributed by atoms with Crippen LogP contribution in [0, 0.1) is 43.4 Å². The summed E-state index contributed by atoms with van der Waals surface area (Å²) >= 11 is 0. The van der Waals surface area contributed by atoms with Crippen LogP contribution in [0.3, 0.4) is 0 Å². The van der Waals surface area contributed by atoms with Crippen molar-refractivity contribution in [2.45, 2.75) is 33.1 Å². The fourth-order valence-corrected chi connectivity index (χ4v) is 5.13. The van der Waals surface area contributed by atoms with Gasteiger partial charge in [-0.15, -0.1) is 0 Å². The second-order valence-corrected chi connectivity index (χ2v) is 7.01. The Balaban J connectivity index is 1.63. The first-order valence-electron chi connectivity index (χ1n) is 7.81. The van der Waals surface area contributed by atoms with Gasteiger partial charge in [-0.05, 0) is 80.0 Å². The van der Waals surface area contributed by atoms with Crippen LogP contribution in [-0.4, -0.2) is 12.9 Å². The third-order valence-corrected chi connectivity index (χ3v) is 6.05. The van der Waals surface area contributed by atoms with Gasteiger partial charge in [-0.1, -0.05) is 0 Å². The molecular formula is C18H22O2. The number of aryl methyl sites for hydroxylation is 2. The van der Waals surface area contributed by atoms with Crippen molar-refractivity contribution in [1.82, 2.24) is 0 Å². The molecule has 0 heterocycles. The van der Waals surface area contributed by atoms with Crippen LogP contribution < -0.4 is 4.74 Å². The van der Waals surface area contributed by atoms with Gasteiger partial charge >= 0.3 is 0 Å². The number of hydrogen-bond acceptors (Lipinski definition) is 2. The first-order chi connectivity index (χ1) is 9.61. The number of fused-ring (bicyclic) bond motifs is 5. The molecule has 20 heavy (non-hydrogen) atoms. The Kier molecular flexibility index (Phi) is 2.55. The zero-order valence-electron chi connectivity index (χ0n) is 12.5. The zero-order valence-corrected chi connectivity index (χ0v) is 12.5. The fourth-order valence-electron chi connectivity index (χ4n) is 5.13. The lowest BCUT2D eigenvalue weighted by Gasteiger charge is -2.12. The molecule has 2 bridgehead atoms. The summed E-state index contributed by atoms with van der Waals surface area (Å²) in [5, 5.41) is 0. The molecular weight excluding hydrogens is 248 g/mol. The van der Waals surface area contributed by atoms with Gasteiger partial charge in [-0.3, -0.25) is 4.79 Å². The summed E-state index contributed by atoms with van der Waals surface area (Å²) in [4.78, 5) is 12.9. The number of rotatable bonds is 3. The van der Waals surface area contributed by atoms with Crippen LogP contribution in [0.4, 0.5) is 0 Å². The van der Waals surface area contributed by atoms with E-state index >= 15 is 0 Å². The van der Waals surface area contributed by atoms with E-state index < -0.39 is 0 Å². The van der Waals surface area contributed by atoms with E-state index in [2.05, 4.69) is 0 Å². The number of ketones is 1. The highest BCUT2D eigenvalue weighted by molar-refractivity contribution is 6.01. The summed E-state index contributed by atoms with van der Waals surface area (Å²) in [5.41, 5.74) is 3.06. The summed E-state index contributed by atoms with van der Waals surface area (Å²) in [5.74, 6) is 4.80. The van der Waals surface area contributed by atoms with Crippen LogP contribution in [-0.2, 0) is 0 Å². The molecule has 2 heteroatoms. The highest BCUT2D eigenvalue weighted by Crippen LogP contribution is 2.70. The van der Waals surface area contributed by atoms with Crippen molar-refractivity contribution in [2.24, 2.45) is 29.6 Å². The van der Waals surface area contributed by atoms with Crippen molar-refractivity contribution in [1.29, 1.82) is 0 Å². The molecule has 0 radical (unpaired) electrons. The van der Waals surface area contributed by atoms with Gasteiger partial charge in [-0.25, -0.2) is 0 Å². The van der Waals surface area contributed by atoms with Gasteiger partial charge in [0.15, 0.2) is 5.78 Å². The molecule has 106 valence electrons. The monoisotopic (exact) mass is 270 g/mol. The molecule has 4 unspecified atom stereocenters. The van der Waals surface area contributed by atoms with Gasteiger partial charge in [0.2, 0.25) is 0 Å². The van der Waals surface area contributed by atoms with Crippen LogP contribution in [0.1, 0.15) is 40.7 Å². The Morgan fingerprint density at radius 1 is 1.10 bits per heavy atom. The van der Waals surface area contributed by atoms with Crippen molar-refractivity contribution in [3.05, 3.63) is 28.8 Å². The largest absolute Gasteiger partial charge is 0.496 e. The number of carbonyl (C=O) groups is 1. The lowest BCUT2D eigenvalue weighted by molar-refractivity contribution is 0.0944. The van der Waals surface area contributed by atoms with Crippen molar-refractivity contribution in [3.63, 3.8) is 0 Å². The van der Waals surface area contributed by atoms with Gasteiger partial charge in [0.25, 0.3) is 0 Å². The summed E-state index contributed by atoms with van der Waals surface area (Å²) in [6.45, 7) is 4.05. The molecule has 3 fully saturated rings. The molecule has 0 saturated heterocycles. The van der Waals surface area contributed by atoms with Gasteiger partial charge in [0.1, 0.15) is 5.75 Å². The van der Waals surface area contributed by atoms with Crippen molar-refractivity contribution < 1.29 is 9.53 Å². The number of methoxy groups -OCH3 is 1. The lowest BCUT2D eigenvalue weighted by Crippen LogP contribution is -2.12. The molecule has 0 aliphatic heterocycles. The number of carbonyl (C=O) groups excluding carboxylic acids is 1. The number of Topliss-reactive ketones (excluding diaryl/α,β-unsaturated/α-hetero) is 1. The molecule has 0 aromatic heterocycles. The second-order valence-electron chi connectivity index (χ2n) is 7.01. The molecule has 4 rings (SSSR count). The summed E-state index contributed by atoms with van der Waals surface area (Å²) in [7, 11) is 1.69. The number of benzene rings is 1. The van der Waals surface area contributed by atoms with E-state index in [-0.39, 0.29) is 0 Å². The predicted molar refractivity (Wildman–Crippen MR) is 78.1 cm³/mol. The van der Waals surface area contributed by atoms with Gasteiger partial charge < -0.3 is 4.74 Å². The lowest BCUT2D eigenvalue weighted by atomic mass is 9.93. The maximum Gasteiger partial charge on any atom is 0.166 e. The zero-order chi connectivity index (χ0) is 14.0. The minimum Gasteiger partial charge on any atom is -0.496 e. The van der Waals surface area contributed by atoms with E-state index in [4.69, 9.17) is 4.74 Å². The topological polar surface area (TPSA) is 26.3 Å². The Hall–Kier alpha value is -1.31. The van der Waals surface area contributed by atoms with Crippen molar-refractivity contribution >= 4 is 5.78 Å². The molecule has 3 saturated carbocycles. The third kappa shape index (κ3) is 1.54. The average Bonchev–Trinajstić information content (AvgIpc) is 2.88. The van der Waals surface area contributed by atoms with E-state index in [9.17, 15) is 4.79 Å². The summed E-state index contributed by atoms with van der Waals surface area (Å²) in [6, 6.07) is 4.04. The molecule has 0 spiro atoms. The van der Waals surface area contributed by atoms with Crippen LogP contribution in [0.2, 0.25) is 0 Å². The van der Waals surface area contributed by atoms with E-state index in [1.165, 1.54) is 19.3 Å². The smallest absolute Gasteiger partial charge is 0.166 e. The van der Waals surface area contributed by atoms with Gasteiger partial charge in [-0.2, -0.15) is 0 Å². The Bertz CT molecular complexity index is 573. The van der Waals surface area contributed by atoms with E-state index in [0.717, 1.165) is 46.1 Å². The quantitative estimate of drug-likeness (QED) is 0.781. The standard InChI is InChI=1S/C18H22O2/c1-9-7-14(20-3)10(2)6-13(9)18(19)17-15-11-4-5-12(8-11)16(15)17/h6-7,11-12,15-17H,4-5,8H2,1-3H3. The fraction of sp³-hybridized carbons (Fsp3) is 0.611. The Morgan fingerprint density at radius 3 is 2.35 bits per heavy atom. The maximum absolute atomic E-state index is 12.9. The van der Waals surface area contributed by atoms with Crippen LogP contribution in [0.5, 0.6) is 5.75 Å². The molecule has 3 aliphatic carbocycles. The maximum atomic E-state index is 12.9. The first-order valence-corrected chi connectivity index (χ1v) is 7.81. The van der Waals surface area contributed by atoms with Crippen LogP contribution in [0.15, 0.2) is 12.1 Å². The summed E-state index contributed by atoms with van der Waals surface area (Å²) < 4.78 is 5.34. The van der Waals surface area contributed by atoms with Gasteiger partial charge in [0.05, 0.1) is 7.11 Å². The molecule has 4 atom stereocenters. The van der Waals surface area contributed by atoms with Crippen LogP contribution >= 0.6 is 0 Å². The normalized spacial score (nSPS) is 36.9. The van der Waals surface area contributed by atoms with E-state index in [0.29, 0.717) is 11.7 Å². The SMILES string of the molecule is COc1cc(C)c(C(=O)C2C3C4CCC(C4)C23)cc1C. The first kappa shape index (κ1) is 12.4. The van der Waals surface area contributed by atoms with E-state index in [1.807, 2.05) is 26.0 Å². The third-order valence-electron chi connectivity index (χ3n) is 6.05. The molecule has 3 aliphatic rings. The van der Waals surface area contributed by atoms with Crippen molar-refractivity contribution in [3.8, 4) is 5.75 Å².